The minimum atomic E-state index is -1.50. The zero-order chi connectivity index (χ0) is 10.3. The normalized spacial score (nSPS) is 8.15. The summed E-state index contributed by atoms with van der Waals surface area (Å²) >= 11 is 0. The van der Waals surface area contributed by atoms with Crippen LogP contribution in [0.5, 0.6) is 0 Å². The van der Waals surface area contributed by atoms with E-state index in [0.717, 1.165) is 0 Å². The van der Waals surface area contributed by atoms with Gasteiger partial charge in [-0.2, -0.15) is 0 Å². The Morgan fingerprint density at radius 1 is 1.31 bits per heavy atom. The molecule has 72 valence electrons. The summed E-state index contributed by atoms with van der Waals surface area (Å²) in [5.41, 5.74) is 1.25. The lowest BCUT2D eigenvalue weighted by molar-refractivity contribution is -0.742. The molecule has 0 saturated heterocycles. The minimum Gasteiger partial charge on any atom is -0.378 e. The van der Waals surface area contributed by atoms with Gasteiger partial charge in [0.1, 0.15) is 0 Å². The fourth-order valence-electron chi connectivity index (χ4n) is 0.726. The molecule has 0 aliphatic heterocycles. The smallest absolute Gasteiger partial charge is 0.291 e. The molecule has 0 amide bonds. The Morgan fingerprint density at radius 2 is 1.69 bits per heavy atom. The van der Waals surface area contributed by atoms with Crippen LogP contribution in [0.3, 0.4) is 0 Å². The van der Waals surface area contributed by atoms with E-state index in [0.29, 0.717) is 0 Å². The lowest BCUT2D eigenvalue weighted by Crippen LogP contribution is -2.07. The first-order chi connectivity index (χ1) is 6.04. The molecule has 0 unspecified atom stereocenters. The van der Waals surface area contributed by atoms with Crippen LogP contribution >= 0.6 is 0 Å². The number of hydrogen-bond donors (Lipinski definition) is 1. The molecule has 0 spiro atoms. The van der Waals surface area contributed by atoms with Crippen LogP contribution in [-0.2, 0) is 0 Å². The van der Waals surface area contributed by atoms with Crippen molar-refractivity contribution in [3.8, 4) is 0 Å². The summed E-state index contributed by atoms with van der Waals surface area (Å²) in [4.78, 5) is 10.4. The maximum Gasteiger partial charge on any atom is 0.291 e. The molecule has 1 aromatic carbocycles. The summed E-state index contributed by atoms with van der Waals surface area (Å²) < 4.78 is 0. The number of nitrogens with zero attached hydrogens (tertiary/aromatic N) is 2. The molecule has 0 atom stereocenters. The van der Waals surface area contributed by atoms with Crippen molar-refractivity contribution in [1.29, 1.82) is 0 Å². The number of hydrogen-bond acceptors (Lipinski definition) is 3. The van der Waals surface area contributed by atoms with Crippen molar-refractivity contribution in [2.75, 3.05) is 19.0 Å². The lowest BCUT2D eigenvalue weighted by Gasteiger charge is -2.10. The van der Waals surface area contributed by atoms with Crippen LogP contribution in [0.2, 0.25) is 0 Å². The Balaban J connectivity index is 0.000000310. The van der Waals surface area contributed by atoms with Gasteiger partial charge in [0.05, 0.1) is 0 Å². The van der Waals surface area contributed by atoms with E-state index >= 15 is 0 Å². The molecule has 0 bridgehead atoms. The van der Waals surface area contributed by atoms with Gasteiger partial charge in [-0.3, -0.25) is 0 Å². The van der Waals surface area contributed by atoms with Gasteiger partial charge in [0, 0.05) is 19.8 Å². The third-order valence-corrected chi connectivity index (χ3v) is 1.27. The molecule has 1 aromatic rings. The molecule has 0 aliphatic rings. The number of rotatable bonds is 1. The molecule has 0 radical (unpaired) electrons. The summed E-state index contributed by atoms with van der Waals surface area (Å²) in [6.07, 6.45) is 0. The first kappa shape index (κ1) is 11.2. The molecule has 1 rings (SSSR count). The van der Waals surface area contributed by atoms with Crippen LogP contribution in [-0.4, -0.2) is 24.4 Å². The van der Waals surface area contributed by atoms with Gasteiger partial charge in [-0.15, -0.1) is 10.1 Å². The van der Waals surface area contributed by atoms with Gasteiger partial charge in [-0.05, 0) is 12.1 Å². The Labute approximate surface area is 76.3 Å². The van der Waals surface area contributed by atoms with Crippen molar-refractivity contribution < 1.29 is 10.3 Å². The molecule has 5 heteroatoms. The average Bonchev–Trinajstić information content (AvgIpc) is 2.05. The van der Waals surface area contributed by atoms with Gasteiger partial charge in [0.25, 0.3) is 5.09 Å². The van der Waals surface area contributed by atoms with E-state index in [-0.39, 0.29) is 0 Å². The zero-order valence-corrected chi connectivity index (χ0v) is 7.54. The van der Waals surface area contributed by atoms with Gasteiger partial charge in [0.15, 0.2) is 0 Å². The predicted octanol–water partition coefficient (Wildman–Crippen LogP) is 1.40. The van der Waals surface area contributed by atoms with Crippen LogP contribution in [0.1, 0.15) is 0 Å². The molecule has 0 saturated carbocycles. The van der Waals surface area contributed by atoms with Crippen molar-refractivity contribution >= 4 is 5.69 Å². The molecule has 1 N–H and O–H groups in total. The standard InChI is InChI=1S/C8H11N.HNO3/c1-9(2)8-6-4-3-5-7-8;2-1(3)4/h3-7H,1-2H3;(H,2,3,4). The first-order valence-electron chi connectivity index (χ1n) is 3.59. The fraction of sp³-hybridized carbons (Fsp3) is 0.250. The zero-order valence-electron chi connectivity index (χ0n) is 7.54. The van der Waals surface area contributed by atoms with Gasteiger partial charge in [-0.25, -0.2) is 0 Å². The maximum atomic E-state index is 8.36. The highest BCUT2D eigenvalue weighted by atomic mass is 16.9. The van der Waals surface area contributed by atoms with E-state index in [9.17, 15) is 0 Å². The highest BCUT2D eigenvalue weighted by Crippen LogP contribution is 2.07. The predicted molar refractivity (Wildman–Crippen MR) is 49.5 cm³/mol. The summed E-state index contributed by atoms with van der Waals surface area (Å²) in [5.74, 6) is 0. The van der Waals surface area contributed by atoms with Gasteiger partial charge in [0.2, 0.25) is 0 Å². The first-order valence-corrected chi connectivity index (χ1v) is 3.59. The van der Waals surface area contributed by atoms with Gasteiger partial charge in [-0.1, -0.05) is 18.2 Å². The summed E-state index contributed by atoms with van der Waals surface area (Å²) in [7, 11) is 4.07. The van der Waals surface area contributed by atoms with Crippen molar-refractivity contribution in [1.82, 2.24) is 0 Å². The van der Waals surface area contributed by atoms with E-state index < -0.39 is 5.09 Å². The second-order valence-electron chi connectivity index (χ2n) is 2.47. The SMILES string of the molecule is CN(C)c1ccccc1.O=[N+]([O-])O. The van der Waals surface area contributed by atoms with Crippen LogP contribution in [0.25, 0.3) is 0 Å². The Bertz CT molecular complexity index is 245. The van der Waals surface area contributed by atoms with E-state index in [1.165, 1.54) is 5.69 Å². The second kappa shape index (κ2) is 5.82. The largest absolute Gasteiger partial charge is 0.378 e. The Kier molecular flexibility index (Phi) is 5.02. The molecule has 13 heavy (non-hydrogen) atoms. The Morgan fingerprint density at radius 3 is 1.92 bits per heavy atom. The molecule has 0 aliphatic carbocycles. The van der Waals surface area contributed by atoms with Crippen LogP contribution in [0.4, 0.5) is 5.69 Å². The van der Waals surface area contributed by atoms with Crippen molar-refractivity contribution in [3.63, 3.8) is 0 Å². The topological polar surface area (TPSA) is 66.6 Å². The summed E-state index contributed by atoms with van der Waals surface area (Å²) in [5, 5.41) is 13.6. The van der Waals surface area contributed by atoms with E-state index in [4.69, 9.17) is 15.3 Å². The molecular weight excluding hydrogens is 172 g/mol. The van der Waals surface area contributed by atoms with Crippen molar-refractivity contribution in [2.45, 2.75) is 0 Å². The summed E-state index contributed by atoms with van der Waals surface area (Å²) in [6.45, 7) is 0. The maximum absolute atomic E-state index is 8.36. The second-order valence-corrected chi connectivity index (χ2v) is 2.47. The van der Waals surface area contributed by atoms with Crippen LogP contribution < -0.4 is 4.90 Å². The highest BCUT2D eigenvalue weighted by molar-refractivity contribution is 5.43. The fourth-order valence-corrected chi connectivity index (χ4v) is 0.726. The number of anilines is 1. The van der Waals surface area contributed by atoms with Crippen LogP contribution in [0.15, 0.2) is 30.3 Å². The Hall–Kier alpha value is -1.78. The van der Waals surface area contributed by atoms with Crippen molar-refractivity contribution in [2.24, 2.45) is 0 Å². The molecular formula is C8H12N2O3. The molecule has 0 aromatic heterocycles. The monoisotopic (exact) mass is 184 g/mol. The van der Waals surface area contributed by atoms with Gasteiger partial charge >= 0.3 is 0 Å². The highest BCUT2D eigenvalue weighted by Gasteiger charge is 1.87. The van der Waals surface area contributed by atoms with Crippen molar-refractivity contribution in [3.05, 3.63) is 40.4 Å². The van der Waals surface area contributed by atoms with E-state index in [1.54, 1.807) is 0 Å². The lowest BCUT2D eigenvalue weighted by atomic mass is 10.3. The number of benzene rings is 1. The molecule has 0 fully saturated rings. The average molecular weight is 184 g/mol. The molecule has 0 heterocycles. The third kappa shape index (κ3) is 6.61. The number of para-hydroxylation sites is 1. The third-order valence-electron chi connectivity index (χ3n) is 1.27. The molecule has 5 nitrogen and oxygen atoms in total. The quantitative estimate of drug-likeness (QED) is 0.529. The summed E-state index contributed by atoms with van der Waals surface area (Å²) in [6, 6.07) is 10.3. The van der Waals surface area contributed by atoms with E-state index in [2.05, 4.69) is 17.0 Å². The van der Waals surface area contributed by atoms with E-state index in [1.807, 2.05) is 32.3 Å². The van der Waals surface area contributed by atoms with Crippen LogP contribution in [0, 0.1) is 10.1 Å². The van der Waals surface area contributed by atoms with Gasteiger partial charge < -0.3 is 10.1 Å². The minimum absolute atomic E-state index is 1.25.